The molecule has 0 saturated carbocycles. The van der Waals surface area contributed by atoms with Crippen LogP contribution >= 0.6 is 0 Å². The van der Waals surface area contributed by atoms with E-state index < -0.39 is 0 Å². The van der Waals surface area contributed by atoms with Gasteiger partial charge in [-0.2, -0.15) is 10.5 Å². The van der Waals surface area contributed by atoms with Crippen LogP contribution < -0.4 is 4.90 Å². The molecule has 6 heteroatoms. The van der Waals surface area contributed by atoms with Gasteiger partial charge in [-0.05, 0) is 30.7 Å². The predicted octanol–water partition coefficient (Wildman–Crippen LogP) is 2.49. The van der Waals surface area contributed by atoms with Crippen molar-refractivity contribution >= 4 is 17.5 Å². The lowest BCUT2D eigenvalue weighted by molar-refractivity contribution is 0.104. The van der Waals surface area contributed by atoms with Crippen LogP contribution in [-0.4, -0.2) is 29.8 Å². The second-order valence-corrected chi connectivity index (χ2v) is 5.26. The number of aromatic nitrogens is 2. The van der Waals surface area contributed by atoms with Crippen molar-refractivity contribution in [1.82, 2.24) is 9.97 Å². The molecule has 0 spiro atoms. The van der Waals surface area contributed by atoms with Crippen molar-refractivity contribution in [1.29, 1.82) is 10.5 Å². The van der Waals surface area contributed by atoms with Gasteiger partial charge in [0.25, 0.3) is 0 Å². The average molecular weight is 317 g/mol. The predicted molar refractivity (Wildman–Crippen MR) is 90.3 cm³/mol. The first-order chi connectivity index (χ1) is 11.5. The van der Waals surface area contributed by atoms with E-state index in [1.807, 2.05) is 43.3 Å². The fourth-order valence-corrected chi connectivity index (χ4v) is 2.04. The lowest BCUT2D eigenvalue weighted by Crippen LogP contribution is -2.08. The maximum absolute atomic E-state index is 12.3. The topological polar surface area (TPSA) is 93.7 Å². The monoisotopic (exact) mass is 317 g/mol. The van der Waals surface area contributed by atoms with Crippen LogP contribution in [0.2, 0.25) is 0 Å². The summed E-state index contributed by atoms with van der Waals surface area (Å²) in [5, 5.41) is 17.9. The quantitative estimate of drug-likeness (QED) is 0.635. The second kappa shape index (κ2) is 7.17. The third-order valence-corrected chi connectivity index (χ3v) is 3.35. The molecule has 2 rings (SSSR count). The van der Waals surface area contributed by atoms with Gasteiger partial charge in [0.1, 0.15) is 17.8 Å². The van der Waals surface area contributed by atoms with Crippen LogP contribution in [0.4, 0.5) is 5.69 Å². The minimum atomic E-state index is -0.363. The molecule has 0 saturated heterocycles. The van der Waals surface area contributed by atoms with Gasteiger partial charge in [-0.25, -0.2) is 9.97 Å². The van der Waals surface area contributed by atoms with Gasteiger partial charge < -0.3 is 4.90 Å². The zero-order chi connectivity index (χ0) is 17.7. The fourth-order valence-electron chi connectivity index (χ4n) is 2.04. The molecule has 0 fully saturated rings. The van der Waals surface area contributed by atoms with Crippen molar-refractivity contribution in [3.63, 3.8) is 0 Å². The summed E-state index contributed by atoms with van der Waals surface area (Å²) < 4.78 is 0. The van der Waals surface area contributed by atoms with Crippen LogP contribution in [0.1, 0.15) is 33.1 Å². The molecule has 0 aliphatic heterocycles. The van der Waals surface area contributed by atoms with E-state index >= 15 is 0 Å². The summed E-state index contributed by atoms with van der Waals surface area (Å²) >= 11 is 0. The molecule has 0 aliphatic carbocycles. The smallest absolute Gasteiger partial charge is 0.206 e. The van der Waals surface area contributed by atoms with Gasteiger partial charge in [-0.1, -0.05) is 18.2 Å². The highest BCUT2D eigenvalue weighted by molar-refractivity contribution is 6.06. The van der Waals surface area contributed by atoms with E-state index in [0.717, 1.165) is 11.3 Å². The Kier molecular flexibility index (Phi) is 5.03. The van der Waals surface area contributed by atoms with Crippen LogP contribution in [0.15, 0.2) is 30.3 Å². The summed E-state index contributed by atoms with van der Waals surface area (Å²) in [5.41, 5.74) is 2.11. The molecule has 0 aliphatic rings. The third kappa shape index (κ3) is 3.63. The van der Waals surface area contributed by atoms with E-state index in [4.69, 9.17) is 10.5 Å². The average Bonchev–Trinajstić information content (AvgIpc) is 2.59. The van der Waals surface area contributed by atoms with Crippen molar-refractivity contribution in [3.05, 3.63) is 58.7 Å². The largest absolute Gasteiger partial charge is 0.378 e. The molecular weight excluding hydrogens is 302 g/mol. The van der Waals surface area contributed by atoms with Gasteiger partial charge in [0, 0.05) is 19.8 Å². The third-order valence-electron chi connectivity index (χ3n) is 3.35. The van der Waals surface area contributed by atoms with Crippen molar-refractivity contribution < 1.29 is 4.79 Å². The van der Waals surface area contributed by atoms with Gasteiger partial charge in [0.05, 0.1) is 5.69 Å². The van der Waals surface area contributed by atoms with E-state index in [1.165, 1.54) is 6.08 Å². The number of aryl methyl sites for hydroxylation is 1. The number of nitrogens with zero attached hydrogens (tertiary/aromatic N) is 5. The molecule has 0 amide bonds. The Morgan fingerprint density at radius 2 is 1.67 bits per heavy atom. The summed E-state index contributed by atoms with van der Waals surface area (Å²) in [7, 11) is 3.90. The number of anilines is 1. The maximum Gasteiger partial charge on any atom is 0.206 e. The number of hydrogen-bond donors (Lipinski definition) is 0. The van der Waals surface area contributed by atoms with E-state index in [1.54, 1.807) is 25.1 Å². The normalized spacial score (nSPS) is 10.2. The highest BCUT2D eigenvalue weighted by Crippen LogP contribution is 2.14. The molecule has 2 aromatic rings. The van der Waals surface area contributed by atoms with Gasteiger partial charge in [0.2, 0.25) is 5.78 Å². The zero-order valence-electron chi connectivity index (χ0n) is 13.6. The Balaban J connectivity index is 2.27. The minimum absolute atomic E-state index is 0.0743. The number of hydrogen-bond acceptors (Lipinski definition) is 6. The minimum Gasteiger partial charge on any atom is -0.378 e. The van der Waals surface area contributed by atoms with E-state index in [9.17, 15) is 4.79 Å². The molecule has 0 unspecified atom stereocenters. The van der Waals surface area contributed by atoms with Crippen molar-refractivity contribution in [2.45, 2.75) is 6.92 Å². The Morgan fingerprint density at radius 3 is 2.21 bits per heavy atom. The highest BCUT2D eigenvalue weighted by Gasteiger charge is 2.14. The Bertz CT molecular complexity index is 883. The molecule has 24 heavy (non-hydrogen) atoms. The first-order valence-electron chi connectivity index (χ1n) is 7.15. The standard InChI is InChI=1S/C18H15N5O/c1-12-18(22-16(11-20)15(10-19)21-12)17(24)9-6-13-4-7-14(8-5-13)23(2)3/h4-9H,1-3H3/b9-6+. The number of benzene rings is 1. The van der Waals surface area contributed by atoms with Crippen LogP contribution in [-0.2, 0) is 0 Å². The second-order valence-electron chi connectivity index (χ2n) is 5.26. The molecule has 0 bridgehead atoms. The van der Waals surface area contributed by atoms with Gasteiger partial charge in [0.15, 0.2) is 11.4 Å². The van der Waals surface area contributed by atoms with E-state index in [0.29, 0.717) is 5.69 Å². The number of carbonyl (C=O) groups excluding carboxylic acids is 1. The van der Waals surface area contributed by atoms with Crippen molar-refractivity contribution in [2.75, 3.05) is 19.0 Å². The molecule has 1 aromatic heterocycles. The molecular formula is C18H15N5O. The van der Waals surface area contributed by atoms with Crippen LogP contribution in [0.5, 0.6) is 0 Å². The summed E-state index contributed by atoms with van der Waals surface area (Å²) in [5.74, 6) is -0.363. The molecule has 6 nitrogen and oxygen atoms in total. The van der Waals surface area contributed by atoms with Crippen LogP contribution in [0.25, 0.3) is 6.08 Å². The summed E-state index contributed by atoms with van der Waals surface area (Å²) in [6, 6.07) is 11.3. The van der Waals surface area contributed by atoms with Gasteiger partial charge in [-0.15, -0.1) is 0 Å². The molecule has 118 valence electrons. The van der Waals surface area contributed by atoms with Crippen LogP contribution in [0.3, 0.4) is 0 Å². The van der Waals surface area contributed by atoms with Gasteiger partial charge >= 0.3 is 0 Å². The molecule has 0 atom stereocenters. The first kappa shape index (κ1) is 16.9. The van der Waals surface area contributed by atoms with Crippen molar-refractivity contribution in [3.8, 4) is 12.1 Å². The highest BCUT2D eigenvalue weighted by atomic mass is 16.1. The lowest BCUT2D eigenvalue weighted by atomic mass is 10.1. The number of rotatable bonds is 4. The molecule has 1 heterocycles. The maximum atomic E-state index is 12.3. The van der Waals surface area contributed by atoms with Gasteiger partial charge in [-0.3, -0.25) is 4.79 Å². The number of allylic oxidation sites excluding steroid dienone is 1. The first-order valence-corrected chi connectivity index (χ1v) is 7.15. The summed E-state index contributed by atoms with van der Waals surface area (Å²) in [6.45, 7) is 1.59. The number of nitriles is 2. The zero-order valence-corrected chi connectivity index (χ0v) is 13.6. The SMILES string of the molecule is Cc1nc(C#N)c(C#N)nc1C(=O)/C=C/c1ccc(N(C)C)cc1. The Labute approximate surface area is 140 Å². The molecule has 0 radical (unpaired) electrons. The summed E-state index contributed by atoms with van der Waals surface area (Å²) in [6.07, 6.45) is 3.06. The molecule has 0 N–H and O–H groups in total. The number of carbonyl (C=O) groups is 1. The Hall–Kier alpha value is -3.51. The lowest BCUT2D eigenvalue weighted by Gasteiger charge is -2.11. The number of ketones is 1. The fraction of sp³-hybridized carbons (Fsp3) is 0.167. The van der Waals surface area contributed by atoms with Crippen molar-refractivity contribution in [2.24, 2.45) is 0 Å². The van der Waals surface area contributed by atoms with E-state index in [2.05, 4.69) is 9.97 Å². The van der Waals surface area contributed by atoms with E-state index in [-0.39, 0.29) is 22.9 Å². The summed E-state index contributed by atoms with van der Waals surface area (Å²) in [4.78, 5) is 22.2. The van der Waals surface area contributed by atoms with Crippen LogP contribution in [0, 0.1) is 29.6 Å². The Morgan fingerprint density at radius 1 is 1.08 bits per heavy atom. The molecule has 1 aromatic carbocycles.